The minimum atomic E-state index is -2.90. The lowest BCUT2D eigenvalue weighted by molar-refractivity contribution is 0.0662. The van der Waals surface area contributed by atoms with Crippen molar-refractivity contribution in [3.63, 3.8) is 0 Å². The van der Waals surface area contributed by atoms with Crippen LogP contribution >= 0.6 is 0 Å². The van der Waals surface area contributed by atoms with Crippen molar-refractivity contribution in [3.8, 4) is 0 Å². The Bertz CT molecular complexity index is 721. The fourth-order valence-electron chi connectivity index (χ4n) is 2.68. The predicted molar refractivity (Wildman–Crippen MR) is 79.3 cm³/mol. The van der Waals surface area contributed by atoms with Crippen molar-refractivity contribution < 1.29 is 13.6 Å². The second-order valence-electron chi connectivity index (χ2n) is 6.04. The Hall–Kier alpha value is -2.04. The van der Waals surface area contributed by atoms with Crippen molar-refractivity contribution in [2.75, 3.05) is 0 Å². The molecule has 22 heavy (non-hydrogen) atoms. The summed E-state index contributed by atoms with van der Waals surface area (Å²) in [5.74, 6) is -3.33. The summed E-state index contributed by atoms with van der Waals surface area (Å²) in [6.07, 6.45) is 6.42. The van der Waals surface area contributed by atoms with Crippen molar-refractivity contribution in [2.45, 2.75) is 38.0 Å². The van der Waals surface area contributed by atoms with Gasteiger partial charge >= 0.3 is 0 Å². The molecule has 0 aromatic carbocycles. The average molecular weight is 305 g/mol. The first-order chi connectivity index (χ1) is 10.4. The summed E-state index contributed by atoms with van der Waals surface area (Å²) in [4.78, 5) is 27.0. The van der Waals surface area contributed by atoms with Gasteiger partial charge in [0, 0.05) is 24.0 Å². The molecule has 2 aliphatic carbocycles. The molecule has 0 saturated heterocycles. The number of aromatic amines is 1. The van der Waals surface area contributed by atoms with E-state index in [1.165, 1.54) is 18.2 Å². The largest absolute Gasteiger partial charge is 0.319 e. The van der Waals surface area contributed by atoms with Crippen LogP contribution in [0.3, 0.4) is 0 Å². The van der Waals surface area contributed by atoms with Crippen molar-refractivity contribution >= 4 is 5.78 Å². The Labute approximate surface area is 126 Å². The van der Waals surface area contributed by atoms with Crippen LogP contribution in [-0.2, 0) is 0 Å². The van der Waals surface area contributed by atoms with Gasteiger partial charge in [0.25, 0.3) is 11.5 Å². The van der Waals surface area contributed by atoms with Gasteiger partial charge in [-0.2, -0.15) is 0 Å². The van der Waals surface area contributed by atoms with Gasteiger partial charge < -0.3 is 4.98 Å². The maximum atomic E-state index is 13.2. The number of allylic oxidation sites excluding steroid dienone is 4. The zero-order chi connectivity index (χ0) is 15.9. The monoisotopic (exact) mass is 305 g/mol. The van der Waals surface area contributed by atoms with Crippen LogP contribution in [0.5, 0.6) is 0 Å². The molecule has 3 nitrogen and oxygen atoms in total. The number of pyridine rings is 1. The SMILES string of the molecule is CC(F)(F)C1=CCC(C(=O)c2ccc(C3CC3)c(=O)[nH]2)C=C1. The van der Waals surface area contributed by atoms with Gasteiger partial charge in [0.2, 0.25) is 0 Å². The fourth-order valence-corrected chi connectivity index (χ4v) is 2.68. The Morgan fingerprint density at radius 2 is 2.05 bits per heavy atom. The maximum absolute atomic E-state index is 13.2. The molecular weight excluding hydrogens is 288 g/mol. The first-order valence-corrected chi connectivity index (χ1v) is 7.40. The molecule has 116 valence electrons. The van der Waals surface area contributed by atoms with Crippen molar-refractivity contribution in [1.29, 1.82) is 0 Å². The summed E-state index contributed by atoms with van der Waals surface area (Å²) in [7, 11) is 0. The molecule has 1 atom stereocenters. The molecule has 0 bridgehead atoms. The van der Waals surface area contributed by atoms with Crippen LogP contribution in [0.2, 0.25) is 0 Å². The number of rotatable bonds is 4. The molecule has 1 N–H and O–H groups in total. The van der Waals surface area contributed by atoms with E-state index in [9.17, 15) is 18.4 Å². The molecule has 1 unspecified atom stereocenters. The Balaban J connectivity index is 1.76. The number of Topliss-reactive ketones (excluding diaryl/α,β-unsaturated/α-hetero) is 1. The van der Waals surface area contributed by atoms with Crippen LogP contribution in [0.25, 0.3) is 0 Å². The molecule has 5 heteroatoms. The number of hydrogen-bond acceptors (Lipinski definition) is 2. The molecule has 0 aliphatic heterocycles. The number of alkyl halides is 2. The molecule has 1 saturated carbocycles. The summed E-state index contributed by atoms with van der Waals surface area (Å²) in [6.45, 7) is 0.833. The highest BCUT2D eigenvalue weighted by molar-refractivity contribution is 5.97. The van der Waals surface area contributed by atoms with Gasteiger partial charge in [-0.25, -0.2) is 8.78 Å². The second kappa shape index (κ2) is 5.30. The molecule has 3 rings (SSSR count). The first kappa shape index (κ1) is 14.9. The lowest BCUT2D eigenvalue weighted by Crippen LogP contribution is -2.22. The van der Waals surface area contributed by atoms with E-state index >= 15 is 0 Å². The normalized spacial score (nSPS) is 21.6. The van der Waals surface area contributed by atoms with Crippen LogP contribution in [0, 0.1) is 5.92 Å². The van der Waals surface area contributed by atoms with Gasteiger partial charge in [-0.3, -0.25) is 9.59 Å². The number of H-pyrrole nitrogens is 1. The summed E-state index contributed by atoms with van der Waals surface area (Å²) >= 11 is 0. The van der Waals surface area contributed by atoms with Crippen LogP contribution in [-0.4, -0.2) is 16.7 Å². The van der Waals surface area contributed by atoms with E-state index in [1.54, 1.807) is 12.1 Å². The van der Waals surface area contributed by atoms with Gasteiger partial charge in [-0.15, -0.1) is 0 Å². The number of halogens is 2. The van der Waals surface area contributed by atoms with E-state index in [1.807, 2.05) is 0 Å². The quantitative estimate of drug-likeness (QED) is 0.864. The number of aromatic nitrogens is 1. The van der Waals surface area contributed by atoms with Crippen molar-refractivity contribution in [1.82, 2.24) is 4.98 Å². The third-order valence-corrected chi connectivity index (χ3v) is 4.17. The first-order valence-electron chi connectivity index (χ1n) is 7.40. The number of ketones is 1. The van der Waals surface area contributed by atoms with E-state index in [0.29, 0.717) is 5.92 Å². The summed E-state index contributed by atoms with van der Waals surface area (Å²) in [5, 5.41) is 0. The summed E-state index contributed by atoms with van der Waals surface area (Å²) < 4.78 is 26.4. The lowest BCUT2D eigenvalue weighted by Gasteiger charge is -2.19. The van der Waals surface area contributed by atoms with Gasteiger partial charge in [0.05, 0.1) is 5.69 Å². The molecule has 0 spiro atoms. The van der Waals surface area contributed by atoms with E-state index in [-0.39, 0.29) is 29.0 Å². The third kappa shape index (κ3) is 2.93. The molecule has 1 aromatic rings. The van der Waals surface area contributed by atoms with Crippen LogP contribution in [0.15, 0.2) is 40.7 Å². The Kier molecular flexibility index (Phi) is 3.59. The highest BCUT2D eigenvalue weighted by atomic mass is 19.3. The van der Waals surface area contributed by atoms with E-state index in [0.717, 1.165) is 25.3 Å². The Morgan fingerprint density at radius 1 is 1.32 bits per heavy atom. The number of nitrogens with one attached hydrogen (secondary N) is 1. The zero-order valence-electron chi connectivity index (χ0n) is 12.2. The van der Waals surface area contributed by atoms with E-state index in [4.69, 9.17) is 0 Å². The van der Waals surface area contributed by atoms with Crippen molar-refractivity contribution in [3.05, 3.63) is 57.5 Å². The lowest BCUT2D eigenvalue weighted by atomic mass is 9.89. The minimum absolute atomic E-state index is 0.0749. The highest BCUT2D eigenvalue weighted by Crippen LogP contribution is 2.38. The number of carbonyl (C=O) groups is 1. The molecule has 1 aromatic heterocycles. The zero-order valence-corrected chi connectivity index (χ0v) is 12.2. The highest BCUT2D eigenvalue weighted by Gasteiger charge is 2.30. The smallest absolute Gasteiger partial charge is 0.270 e. The summed E-state index contributed by atoms with van der Waals surface area (Å²) in [5.41, 5.74) is 0.672. The van der Waals surface area contributed by atoms with E-state index < -0.39 is 11.8 Å². The standard InChI is InChI=1S/C17H17F2NO2/c1-17(18,19)12-6-4-11(5-7-12)15(21)14-9-8-13(10-2-3-10)16(22)20-14/h4,6-11H,2-3,5H2,1H3,(H,20,22). The van der Waals surface area contributed by atoms with E-state index in [2.05, 4.69) is 4.98 Å². The molecule has 1 heterocycles. The third-order valence-electron chi connectivity index (χ3n) is 4.17. The minimum Gasteiger partial charge on any atom is -0.319 e. The number of hydrogen-bond donors (Lipinski definition) is 1. The molecule has 1 fully saturated rings. The van der Waals surface area contributed by atoms with Crippen molar-refractivity contribution in [2.24, 2.45) is 5.92 Å². The van der Waals surface area contributed by atoms with Gasteiger partial charge in [0.15, 0.2) is 5.78 Å². The van der Waals surface area contributed by atoms with Crippen LogP contribution < -0.4 is 5.56 Å². The molecule has 2 aliphatic rings. The number of carbonyl (C=O) groups excluding carboxylic acids is 1. The van der Waals surface area contributed by atoms with Gasteiger partial charge in [-0.05, 0) is 31.2 Å². The average Bonchev–Trinajstić information content (AvgIpc) is 3.30. The Morgan fingerprint density at radius 3 is 2.55 bits per heavy atom. The van der Waals surface area contributed by atoms with Gasteiger partial charge in [0.1, 0.15) is 0 Å². The predicted octanol–water partition coefficient (Wildman–Crippen LogP) is 3.59. The van der Waals surface area contributed by atoms with Gasteiger partial charge in [-0.1, -0.05) is 24.3 Å². The molecule has 0 amide bonds. The maximum Gasteiger partial charge on any atom is 0.270 e. The fraction of sp³-hybridized carbons (Fsp3) is 0.412. The second-order valence-corrected chi connectivity index (χ2v) is 6.04. The molecular formula is C17H17F2NO2. The van der Waals surface area contributed by atoms with Crippen LogP contribution in [0.1, 0.15) is 48.2 Å². The topological polar surface area (TPSA) is 49.9 Å². The summed E-state index contributed by atoms with van der Waals surface area (Å²) in [6, 6.07) is 3.33. The van der Waals surface area contributed by atoms with Crippen LogP contribution in [0.4, 0.5) is 8.78 Å². The molecule has 0 radical (unpaired) electrons.